The normalized spacial score (nSPS) is 10.5. The molecule has 0 amide bonds. The molecule has 0 fully saturated rings. The predicted octanol–water partition coefficient (Wildman–Crippen LogP) is 1.68. The smallest absolute Gasteiger partial charge is 0.266 e. The lowest BCUT2D eigenvalue weighted by molar-refractivity contribution is 0.428. The van der Waals surface area contributed by atoms with Crippen LogP contribution in [0.5, 0.6) is 5.75 Å². The topological polar surface area (TPSA) is 75.3 Å². The van der Waals surface area contributed by atoms with E-state index in [-0.39, 0.29) is 5.75 Å². The van der Waals surface area contributed by atoms with Crippen molar-refractivity contribution in [2.45, 2.75) is 13.8 Å². The Bertz CT molecular complexity index is 494. The van der Waals surface area contributed by atoms with Crippen LogP contribution < -0.4 is 4.90 Å². The minimum Gasteiger partial charge on any atom is -0.506 e. The van der Waals surface area contributed by atoms with Crippen molar-refractivity contribution in [2.24, 2.45) is 0 Å². The maximum Gasteiger partial charge on any atom is 0.266 e. The van der Waals surface area contributed by atoms with Crippen LogP contribution in [-0.2, 0) is 0 Å². The quantitative estimate of drug-likeness (QED) is 0.867. The highest BCUT2D eigenvalue weighted by molar-refractivity contribution is 5.54. The zero-order chi connectivity index (χ0) is 12.3. The van der Waals surface area contributed by atoms with E-state index in [1.54, 1.807) is 6.20 Å². The SMILES string of the molecule is CCN(CC)c1noc(-c2cncc(O)c2)n1. The van der Waals surface area contributed by atoms with Crippen LogP contribution in [0.3, 0.4) is 0 Å². The Morgan fingerprint density at radius 3 is 2.71 bits per heavy atom. The summed E-state index contributed by atoms with van der Waals surface area (Å²) in [5, 5.41) is 13.2. The zero-order valence-corrected chi connectivity index (χ0v) is 9.79. The van der Waals surface area contributed by atoms with Gasteiger partial charge in [0, 0.05) is 19.3 Å². The molecular weight excluding hydrogens is 220 g/mol. The molecule has 90 valence electrons. The van der Waals surface area contributed by atoms with E-state index in [1.165, 1.54) is 12.3 Å². The van der Waals surface area contributed by atoms with Crippen LogP contribution in [0.15, 0.2) is 23.0 Å². The van der Waals surface area contributed by atoms with Crippen LogP contribution in [0.4, 0.5) is 5.95 Å². The molecule has 6 nitrogen and oxygen atoms in total. The fourth-order valence-corrected chi connectivity index (χ4v) is 1.51. The average molecular weight is 234 g/mol. The summed E-state index contributed by atoms with van der Waals surface area (Å²) in [7, 11) is 0. The number of hydrogen-bond acceptors (Lipinski definition) is 6. The number of hydrogen-bond donors (Lipinski definition) is 1. The highest BCUT2D eigenvalue weighted by Gasteiger charge is 2.13. The van der Waals surface area contributed by atoms with Crippen molar-refractivity contribution >= 4 is 5.95 Å². The van der Waals surface area contributed by atoms with Crippen molar-refractivity contribution in [3.8, 4) is 17.2 Å². The van der Waals surface area contributed by atoms with Crippen molar-refractivity contribution < 1.29 is 9.63 Å². The summed E-state index contributed by atoms with van der Waals surface area (Å²) >= 11 is 0. The molecule has 0 bridgehead atoms. The number of pyridine rings is 1. The molecule has 0 aromatic carbocycles. The van der Waals surface area contributed by atoms with Gasteiger partial charge in [0.05, 0.1) is 11.8 Å². The fraction of sp³-hybridized carbons (Fsp3) is 0.364. The van der Waals surface area contributed by atoms with Crippen LogP contribution >= 0.6 is 0 Å². The molecular formula is C11H14N4O2. The number of nitrogens with zero attached hydrogens (tertiary/aromatic N) is 4. The van der Waals surface area contributed by atoms with Gasteiger partial charge in [0.1, 0.15) is 5.75 Å². The molecule has 0 aliphatic carbocycles. The van der Waals surface area contributed by atoms with Gasteiger partial charge in [-0.2, -0.15) is 4.98 Å². The van der Waals surface area contributed by atoms with E-state index in [2.05, 4.69) is 15.1 Å². The Kier molecular flexibility index (Phi) is 3.22. The highest BCUT2D eigenvalue weighted by Crippen LogP contribution is 2.22. The maximum absolute atomic E-state index is 9.32. The van der Waals surface area contributed by atoms with E-state index in [0.717, 1.165) is 13.1 Å². The number of anilines is 1. The summed E-state index contributed by atoms with van der Waals surface area (Å²) in [5.74, 6) is 0.980. The van der Waals surface area contributed by atoms with Crippen LogP contribution in [0, 0.1) is 0 Å². The number of rotatable bonds is 4. The average Bonchev–Trinajstić information content (AvgIpc) is 2.80. The Hall–Kier alpha value is -2.11. The molecule has 17 heavy (non-hydrogen) atoms. The van der Waals surface area contributed by atoms with Crippen LogP contribution in [0.1, 0.15) is 13.8 Å². The second kappa shape index (κ2) is 4.82. The van der Waals surface area contributed by atoms with E-state index < -0.39 is 0 Å². The first-order valence-corrected chi connectivity index (χ1v) is 5.47. The standard InChI is InChI=1S/C11H14N4O2/c1-3-15(4-2)11-13-10(17-14-11)8-5-9(16)7-12-6-8/h5-7,16H,3-4H2,1-2H3. The minimum atomic E-state index is 0.0742. The summed E-state index contributed by atoms with van der Waals surface area (Å²) in [5.41, 5.74) is 0.607. The van der Waals surface area contributed by atoms with Crippen LogP contribution in [0.2, 0.25) is 0 Å². The van der Waals surface area contributed by atoms with E-state index >= 15 is 0 Å². The number of aromatic hydroxyl groups is 1. The summed E-state index contributed by atoms with van der Waals surface area (Å²) in [6.45, 7) is 5.67. The molecule has 1 N–H and O–H groups in total. The fourth-order valence-electron chi connectivity index (χ4n) is 1.51. The van der Waals surface area contributed by atoms with Gasteiger partial charge in [-0.3, -0.25) is 4.98 Å². The third kappa shape index (κ3) is 2.35. The Labute approximate surface area is 98.9 Å². The van der Waals surface area contributed by atoms with Gasteiger partial charge in [-0.1, -0.05) is 0 Å². The van der Waals surface area contributed by atoms with Gasteiger partial charge in [0.2, 0.25) is 0 Å². The molecule has 0 saturated carbocycles. The highest BCUT2D eigenvalue weighted by atomic mass is 16.5. The molecule has 0 spiro atoms. The van der Waals surface area contributed by atoms with Gasteiger partial charge in [-0.25, -0.2) is 0 Å². The molecule has 0 radical (unpaired) electrons. The molecule has 2 aromatic rings. The van der Waals surface area contributed by atoms with Gasteiger partial charge in [0.25, 0.3) is 11.8 Å². The molecule has 2 aromatic heterocycles. The summed E-state index contributed by atoms with van der Waals surface area (Å²) in [6, 6.07) is 1.53. The predicted molar refractivity (Wildman–Crippen MR) is 62.8 cm³/mol. The second-order valence-electron chi connectivity index (χ2n) is 3.50. The van der Waals surface area contributed by atoms with Gasteiger partial charge >= 0.3 is 0 Å². The third-order valence-corrected chi connectivity index (χ3v) is 2.43. The van der Waals surface area contributed by atoms with E-state index in [4.69, 9.17) is 4.52 Å². The van der Waals surface area contributed by atoms with E-state index in [9.17, 15) is 5.11 Å². The maximum atomic E-state index is 9.32. The summed E-state index contributed by atoms with van der Waals surface area (Å²) in [4.78, 5) is 10.1. The van der Waals surface area contributed by atoms with Crippen molar-refractivity contribution in [2.75, 3.05) is 18.0 Å². The lowest BCUT2D eigenvalue weighted by Gasteiger charge is -2.14. The Morgan fingerprint density at radius 1 is 1.29 bits per heavy atom. The molecule has 6 heteroatoms. The van der Waals surface area contributed by atoms with Gasteiger partial charge in [0.15, 0.2) is 0 Å². The molecule has 2 rings (SSSR count). The third-order valence-electron chi connectivity index (χ3n) is 2.43. The summed E-state index contributed by atoms with van der Waals surface area (Å²) in [6.07, 6.45) is 2.92. The molecule has 0 atom stereocenters. The number of aromatic nitrogens is 3. The molecule has 0 unspecified atom stereocenters. The van der Waals surface area contributed by atoms with Crippen molar-refractivity contribution in [3.63, 3.8) is 0 Å². The first-order chi connectivity index (χ1) is 8.24. The first kappa shape index (κ1) is 11.4. The van der Waals surface area contributed by atoms with Crippen molar-refractivity contribution in [1.29, 1.82) is 0 Å². The van der Waals surface area contributed by atoms with E-state index in [0.29, 0.717) is 17.4 Å². The van der Waals surface area contributed by atoms with Gasteiger partial charge in [-0.15, -0.1) is 0 Å². The second-order valence-corrected chi connectivity index (χ2v) is 3.50. The summed E-state index contributed by atoms with van der Waals surface area (Å²) < 4.78 is 5.14. The van der Waals surface area contributed by atoms with Crippen LogP contribution in [-0.4, -0.2) is 33.3 Å². The van der Waals surface area contributed by atoms with Crippen molar-refractivity contribution in [1.82, 2.24) is 15.1 Å². The van der Waals surface area contributed by atoms with Gasteiger partial charge in [-0.05, 0) is 25.1 Å². The van der Waals surface area contributed by atoms with Crippen LogP contribution in [0.25, 0.3) is 11.5 Å². The zero-order valence-electron chi connectivity index (χ0n) is 9.79. The monoisotopic (exact) mass is 234 g/mol. The van der Waals surface area contributed by atoms with Gasteiger partial charge < -0.3 is 14.5 Å². The molecule has 0 aliphatic heterocycles. The molecule has 0 aliphatic rings. The molecule has 0 saturated heterocycles. The lowest BCUT2D eigenvalue weighted by Crippen LogP contribution is -2.22. The van der Waals surface area contributed by atoms with E-state index in [1.807, 2.05) is 18.7 Å². The Morgan fingerprint density at radius 2 is 2.06 bits per heavy atom. The van der Waals surface area contributed by atoms with Crippen molar-refractivity contribution in [3.05, 3.63) is 18.5 Å². The molecule has 2 heterocycles. The Balaban J connectivity index is 2.29. The largest absolute Gasteiger partial charge is 0.506 e. The first-order valence-electron chi connectivity index (χ1n) is 5.47. The lowest BCUT2D eigenvalue weighted by atomic mass is 10.3. The minimum absolute atomic E-state index is 0.0742.